The third-order valence-corrected chi connectivity index (χ3v) is 4.29. The highest BCUT2D eigenvalue weighted by molar-refractivity contribution is 9.10. The van der Waals surface area contributed by atoms with Crippen molar-refractivity contribution in [2.24, 2.45) is 10.3 Å². The van der Waals surface area contributed by atoms with Crippen LogP contribution in [-0.4, -0.2) is 35.2 Å². The Balaban J connectivity index is 1.62. The first kappa shape index (κ1) is 20.0. The third-order valence-electron chi connectivity index (χ3n) is 3.77. The summed E-state index contributed by atoms with van der Waals surface area (Å²) in [5.41, 5.74) is 1.83. The molecule has 0 bridgehead atoms. The van der Waals surface area contributed by atoms with Crippen LogP contribution in [0.3, 0.4) is 0 Å². The molecule has 28 heavy (non-hydrogen) atoms. The average molecular weight is 445 g/mol. The number of carbonyl (C=O) groups is 1. The maximum Gasteiger partial charge on any atom is 0.412 e. The van der Waals surface area contributed by atoms with Gasteiger partial charge in [-0.15, -0.1) is 4.68 Å². The third kappa shape index (κ3) is 5.63. The number of para-hydroxylation sites is 2. The number of hydrogen-bond acceptors (Lipinski definition) is 5. The number of nitrogens with zero attached hydrogens (tertiary/aromatic N) is 3. The quantitative estimate of drug-likeness (QED) is 0.608. The van der Waals surface area contributed by atoms with Gasteiger partial charge in [0.1, 0.15) is 10.8 Å². The number of halogens is 1. The number of benzene rings is 2. The minimum atomic E-state index is -0.553. The van der Waals surface area contributed by atoms with Crippen LogP contribution in [0, 0.1) is 0 Å². The van der Waals surface area contributed by atoms with Gasteiger partial charge in [0.05, 0.1) is 17.9 Å². The van der Waals surface area contributed by atoms with Crippen LogP contribution in [-0.2, 0) is 4.74 Å². The predicted molar refractivity (Wildman–Crippen MR) is 114 cm³/mol. The molecule has 0 saturated carbocycles. The summed E-state index contributed by atoms with van der Waals surface area (Å²) in [5.74, 6) is 0. The van der Waals surface area contributed by atoms with Crippen molar-refractivity contribution >= 4 is 45.3 Å². The number of ether oxygens (including phenoxy) is 1. The number of anilines is 2. The Bertz CT molecular complexity index is 904. The zero-order valence-corrected chi connectivity index (χ0v) is 17.6. The SMILES string of the molecule is CC(C)(C)OC(=O)Nc1ccccc1NCC1C=[N+](c2ccc(Br)cc2)N=N1. The molecule has 0 fully saturated rings. The molecule has 3 rings (SSSR count). The monoisotopic (exact) mass is 444 g/mol. The van der Waals surface area contributed by atoms with Gasteiger partial charge in [-0.05, 0) is 57.2 Å². The van der Waals surface area contributed by atoms with E-state index in [2.05, 4.69) is 36.9 Å². The van der Waals surface area contributed by atoms with E-state index in [1.165, 1.54) is 0 Å². The van der Waals surface area contributed by atoms with E-state index in [0.29, 0.717) is 12.2 Å². The number of rotatable bonds is 5. The van der Waals surface area contributed by atoms with E-state index in [-0.39, 0.29) is 6.04 Å². The molecule has 1 aliphatic rings. The van der Waals surface area contributed by atoms with Crippen LogP contribution in [0.2, 0.25) is 0 Å². The number of nitrogens with one attached hydrogen (secondary N) is 2. The molecule has 0 aliphatic carbocycles. The second kappa shape index (κ2) is 8.52. The van der Waals surface area contributed by atoms with E-state index in [1.54, 1.807) is 4.68 Å². The van der Waals surface area contributed by atoms with Crippen LogP contribution in [0.1, 0.15) is 20.8 Å². The van der Waals surface area contributed by atoms with Crippen molar-refractivity contribution in [2.75, 3.05) is 17.2 Å². The largest absolute Gasteiger partial charge is 0.444 e. The van der Waals surface area contributed by atoms with Crippen LogP contribution < -0.4 is 10.6 Å². The van der Waals surface area contributed by atoms with Gasteiger partial charge in [0.2, 0.25) is 6.04 Å². The van der Waals surface area contributed by atoms with Crippen molar-refractivity contribution in [2.45, 2.75) is 32.4 Å². The first-order valence-electron chi connectivity index (χ1n) is 8.94. The van der Waals surface area contributed by atoms with E-state index in [4.69, 9.17) is 4.74 Å². The topological polar surface area (TPSA) is 78.1 Å². The molecule has 1 atom stereocenters. The molecule has 1 unspecified atom stereocenters. The first-order chi connectivity index (χ1) is 13.3. The van der Waals surface area contributed by atoms with Crippen molar-refractivity contribution in [3.05, 3.63) is 53.0 Å². The summed E-state index contributed by atoms with van der Waals surface area (Å²) in [5, 5.41) is 14.6. The second-order valence-electron chi connectivity index (χ2n) is 7.30. The molecule has 0 aromatic heterocycles. The van der Waals surface area contributed by atoms with E-state index >= 15 is 0 Å². The van der Waals surface area contributed by atoms with Crippen LogP contribution in [0.5, 0.6) is 0 Å². The average Bonchev–Trinajstić information content (AvgIpc) is 3.09. The minimum Gasteiger partial charge on any atom is -0.444 e. The molecule has 1 amide bonds. The lowest BCUT2D eigenvalue weighted by molar-refractivity contribution is -0.444. The molecule has 2 N–H and O–H groups in total. The van der Waals surface area contributed by atoms with Crippen molar-refractivity contribution in [3.63, 3.8) is 0 Å². The Morgan fingerprint density at radius 1 is 1.14 bits per heavy atom. The van der Waals surface area contributed by atoms with Gasteiger partial charge in [-0.25, -0.2) is 4.79 Å². The van der Waals surface area contributed by atoms with Gasteiger partial charge >= 0.3 is 6.09 Å². The molecule has 2 aromatic carbocycles. The van der Waals surface area contributed by atoms with Gasteiger partial charge in [-0.3, -0.25) is 5.32 Å². The van der Waals surface area contributed by atoms with Gasteiger partial charge in [-0.2, -0.15) is 0 Å². The molecule has 1 aliphatic heterocycles. The van der Waals surface area contributed by atoms with Crippen LogP contribution in [0.15, 0.2) is 63.3 Å². The van der Waals surface area contributed by atoms with E-state index in [0.717, 1.165) is 15.8 Å². The summed E-state index contributed by atoms with van der Waals surface area (Å²) in [4.78, 5) is 12.1. The fraction of sp³-hybridized carbons (Fsp3) is 0.300. The van der Waals surface area contributed by atoms with Gasteiger partial charge in [-0.1, -0.05) is 28.1 Å². The lowest BCUT2D eigenvalue weighted by Gasteiger charge is -2.20. The maximum atomic E-state index is 12.1. The molecule has 146 valence electrons. The van der Waals surface area contributed by atoms with Gasteiger partial charge < -0.3 is 10.1 Å². The number of hydrogen-bond donors (Lipinski definition) is 2. The number of amides is 1. The normalized spacial score (nSPS) is 15.9. The summed E-state index contributed by atoms with van der Waals surface area (Å²) < 4.78 is 8.09. The van der Waals surface area contributed by atoms with Gasteiger partial charge in [0, 0.05) is 9.59 Å². The Hall–Kier alpha value is -2.74. The molecule has 0 spiro atoms. The predicted octanol–water partition coefficient (Wildman–Crippen LogP) is 5.37. The number of carbonyl (C=O) groups excluding carboxylic acids is 1. The summed E-state index contributed by atoms with van der Waals surface area (Å²) in [6.07, 6.45) is 1.45. The molecular weight excluding hydrogens is 422 g/mol. The Kier molecular flexibility index (Phi) is 6.08. The van der Waals surface area contributed by atoms with Crippen LogP contribution >= 0.6 is 15.9 Å². The summed E-state index contributed by atoms with van der Waals surface area (Å²) in [6, 6.07) is 15.2. The zero-order chi connectivity index (χ0) is 20.1. The first-order valence-corrected chi connectivity index (χ1v) is 9.73. The van der Waals surface area contributed by atoms with E-state index in [1.807, 2.05) is 75.5 Å². The highest BCUT2D eigenvalue weighted by atomic mass is 79.9. The van der Waals surface area contributed by atoms with Gasteiger partial charge in [0.15, 0.2) is 11.9 Å². The lowest BCUT2D eigenvalue weighted by Crippen LogP contribution is -2.27. The summed E-state index contributed by atoms with van der Waals surface area (Å²) in [7, 11) is 0. The fourth-order valence-corrected chi connectivity index (χ4v) is 2.81. The van der Waals surface area contributed by atoms with E-state index in [9.17, 15) is 4.79 Å². The Morgan fingerprint density at radius 2 is 1.82 bits per heavy atom. The van der Waals surface area contributed by atoms with Crippen LogP contribution in [0.4, 0.5) is 21.9 Å². The lowest BCUT2D eigenvalue weighted by atomic mass is 10.2. The molecule has 8 heteroatoms. The van der Waals surface area contributed by atoms with Crippen LogP contribution in [0.25, 0.3) is 0 Å². The fourth-order valence-electron chi connectivity index (χ4n) is 2.54. The highest BCUT2D eigenvalue weighted by Crippen LogP contribution is 2.23. The van der Waals surface area contributed by atoms with Gasteiger partial charge in [0.25, 0.3) is 0 Å². The molecule has 0 radical (unpaired) electrons. The standard InChI is InChI=1S/C20H22BrN5O2/c1-20(2,3)28-19(27)23-18-7-5-4-6-17(18)22-12-15-13-26(25-24-15)16-10-8-14(21)9-11-16/h4-11,13,15H,12H2,1-3H3,(H-,22,23,24,25,27)/p+1. The molecule has 1 heterocycles. The summed E-state index contributed by atoms with van der Waals surface area (Å²) >= 11 is 3.42. The van der Waals surface area contributed by atoms with E-state index < -0.39 is 11.7 Å². The molecule has 0 saturated heterocycles. The van der Waals surface area contributed by atoms with Crippen molar-refractivity contribution in [1.29, 1.82) is 0 Å². The summed E-state index contributed by atoms with van der Waals surface area (Å²) in [6.45, 7) is 6.03. The minimum absolute atomic E-state index is 0.113. The molecule has 2 aromatic rings. The maximum absolute atomic E-state index is 12.1. The highest BCUT2D eigenvalue weighted by Gasteiger charge is 2.23. The van der Waals surface area contributed by atoms with Crippen molar-refractivity contribution < 1.29 is 14.2 Å². The smallest absolute Gasteiger partial charge is 0.412 e. The van der Waals surface area contributed by atoms with Crippen molar-refractivity contribution in [1.82, 2.24) is 0 Å². The second-order valence-corrected chi connectivity index (χ2v) is 8.21. The molecular formula is C20H23BrN5O2+. The molecule has 7 nitrogen and oxygen atoms in total. The Labute approximate surface area is 172 Å². The van der Waals surface area contributed by atoms with Crippen molar-refractivity contribution in [3.8, 4) is 0 Å². The zero-order valence-electron chi connectivity index (χ0n) is 16.0. The Morgan fingerprint density at radius 3 is 2.50 bits per heavy atom.